The number of benzene rings is 2. The van der Waals surface area contributed by atoms with Gasteiger partial charge in [-0.25, -0.2) is 4.79 Å². The van der Waals surface area contributed by atoms with E-state index in [1.165, 1.54) is 6.07 Å². The normalized spacial score (nSPS) is 10.0. The highest BCUT2D eigenvalue weighted by Gasteiger charge is 2.12. The molecule has 0 aromatic heterocycles. The molecule has 0 atom stereocenters. The first-order valence-electron chi connectivity index (χ1n) is 8.90. The van der Waals surface area contributed by atoms with E-state index in [2.05, 4.69) is 11.2 Å². The quantitative estimate of drug-likeness (QED) is 0.484. The number of aromatic carboxylic acids is 1. The van der Waals surface area contributed by atoms with Crippen LogP contribution < -0.4 is 14.8 Å². The zero-order valence-corrected chi connectivity index (χ0v) is 15.7. The summed E-state index contributed by atoms with van der Waals surface area (Å²) in [6.07, 6.45) is 7.30. The van der Waals surface area contributed by atoms with Crippen molar-refractivity contribution in [3.8, 4) is 23.8 Å². The smallest absolute Gasteiger partial charge is 0.337 e. The van der Waals surface area contributed by atoms with Crippen molar-refractivity contribution >= 4 is 17.6 Å². The Morgan fingerprint density at radius 2 is 1.96 bits per heavy atom. The summed E-state index contributed by atoms with van der Waals surface area (Å²) < 4.78 is 11.0. The molecule has 6 nitrogen and oxygen atoms in total. The van der Waals surface area contributed by atoms with Gasteiger partial charge < -0.3 is 19.9 Å². The van der Waals surface area contributed by atoms with Crippen LogP contribution in [0.15, 0.2) is 42.5 Å². The van der Waals surface area contributed by atoms with E-state index in [1.807, 2.05) is 12.1 Å². The van der Waals surface area contributed by atoms with Crippen LogP contribution >= 0.6 is 0 Å². The average Bonchev–Trinajstić information content (AvgIpc) is 2.70. The first-order valence-corrected chi connectivity index (χ1v) is 8.90. The van der Waals surface area contributed by atoms with Crippen molar-refractivity contribution in [3.63, 3.8) is 0 Å². The van der Waals surface area contributed by atoms with Crippen molar-refractivity contribution in [3.05, 3.63) is 53.6 Å². The van der Waals surface area contributed by atoms with E-state index in [4.69, 9.17) is 15.9 Å². The number of aryl methyl sites for hydroxylation is 1. The summed E-state index contributed by atoms with van der Waals surface area (Å²) in [4.78, 5) is 23.5. The molecule has 0 heterocycles. The molecule has 2 aromatic rings. The Labute approximate surface area is 164 Å². The molecule has 0 fully saturated rings. The van der Waals surface area contributed by atoms with Crippen LogP contribution in [0.4, 0.5) is 5.69 Å². The van der Waals surface area contributed by atoms with Crippen molar-refractivity contribution in [1.29, 1.82) is 0 Å². The first-order chi connectivity index (χ1) is 13.5. The molecule has 146 valence electrons. The molecule has 0 aliphatic rings. The summed E-state index contributed by atoms with van der Waals surface area (Å²) in [5, 5.41) is 11.8. The van der Waals surface area contributed by atoms with E-state index in [9.17, 15) is 14.7 Å². The molecule has 28 heavy (non-hydrogen) atoms. The average molecular weight is 381 g/mol. The van der Waals surface area contributed by atoms with Crippen LogP contribution in [0.25, 0.3) is 0 Å². The number of rotatable bonds is 10. The Morgan fingerprint density at radius 1 is 1.18 bits per heavy atom. The lowest BCUT2D eigenvalue weighted by Gasteiger charge is -2.12. The van der Waals surface area contributed by atoms with Gasteiger partial charge in [-0.3, -0.25) is 4.79 Å². The number of hydrogen-bond donors (Lipinski definition) is 2. The molecular weight excluding hydrogens is 358 g/mol. The van der Waals surface area contributed by atoms with E-state index in [1.54, 1.807) is 31.4 Å². The fraction of sp³-hybridized carbons (Fsp3) is 0.273. The maximum atomic E-state index is 12.2. The van der Waals surface area contributed by atoms with E-state index in [0.29, 0.717) is 30.9 Å². The summed E-state index contributed by atoms with van der Waals surface area (Å²) >= 11 is 0. The third-order valence-electron chi connectivity index (χ3n) is 4.02. The highest BCUT2D eigenvalue weighted by Crippen LogP contribution is 2.29. The lowest BCUT2D eigenvalue weighted by molar-refractivity contribution is -0.116. The van der Waals surface area contributed by atoms with Crippen molar-refractivity contribution in [2.45, 2.75) is 25.7 Å². The van der Waals surface area contributed by atoms with E-state index >= 15 is 0 Å². The minimum Gasteiger partial charge on any atom is -0.493 e. The van der Waals surface area contributed by atoms with E-state index < -0.39 is 5.97 Å². The van der Waals surface area contributed by atoms with Crippen LogP contribution in [-0.2, 0) is 11.2 Å². The van der Waals surface area contributed by atoms with Gasteiger partial charge in [-0.2, -0.15) is 0 Å². The van der Waals surface area contributed by atoms with Gasteiger partial charge in [0, 0.05) is 12.8 Å². The van der Waals surface area contributed by atoms with E-state index in [-0.39, 0.29) is 23.6 Å². The summed E-state index contributed by atoms with van der Waals surface area (Å²) in [5.74, 6) is 2.44. The van der Waals surface area contributed by atoms with Crippen molar-refractivity contribution in [2.75, 3.05) is 19.0 Å². The molecule has 0 radical (unpaired) electrons. The Kier molecular flexibility index (Phi) is 7.92. The van der Waals surface area contributed by atoms with Gasteiger partial charge in [-0.15, -0.1) is 12.3 Å². The highest BCUT2D eigenvalue weighted by molar-refractivity contribution is 6.00. The first kappa shape index (κ1) is 20.8. The number of hydrogen-bond acceptors (Lipinski definition) is 4. The SMILES string of the molecule is C#CCCCOc1cc(CCC(=O)Nc2ccccc2C(=O)O)ccc1OC. The lowest BCUT2D eigenvalue weighted by Crippen LogP contribution is -2.15. The fourth-order valence-electron chi connectivity index (χ4n) is 2.59. The molecule has 2 aromatic carbocycles. The molecule has 0 saturated carbocycles. The number of amides is 1. The minimum absolute atomic E-state index is 0.0583. The Bertz CT molecular complexity index is 869. The summed E-state index contributed by atoms with van der Waals surface area (Å²) in [6.45, 7) is 0.483. The minimum atomic E-state index is -1.09. The second-order valence-electron chi connectivity index (χ2n) is 6.04. The van der Waals surface area contributed by atoms with Crippen molar-refractivity contribution in [1.82, 2.24) is 0 Å². The summed E-state index contributed by atoms with van der Waals surface area (Å²) in [6, 6.07) is 11.8. The second-order valence-corrected chi connectivity index (χ2v) is 6.04. The second kappa shape index (κ2) is 10.6. The summed E-state index contributed by atoms with van der Waals surface area (Å²) in [7, 11) is 1.57. The van der Waals surface area contributed by atoms with Crippen LogP contribution in [0.5, 0.6) is 11.5 Å². The van der Waals surface area contributed by atoms with E-state index in [0.717, 1.165) is 12.0 Å². The van der Waals surface area contributed by atoms with Crippen LogP contribution in [-0.4, -0.2) is 30.7 Å². The van der Waals surface area contributed by atoms with Gasteiger partial charge in [0.2, 0.25) is 5.91 Å². The van der Waals surface area contributed by atoms with Crippen molar-refractivity contribution in [2.24, 2.45) is 0 Å². The highest BCUT2D eigenvalue weighted by atomic mass is 16.5. The third kappa shape index (κ3) is 6.06. The molecule has 0 unspecified atom stereocenters. The van der Waals surface area contributed by atoms with Gasteiger partial charge in [0.05, 0.1) is 25.0 Å². The number of unbranched alkanes of at least 4 members (excludes halogenated alkanes) is 1. The maximum Gasteiger partial charge on any atom is 0.337 e. The fourth-order valence-corrected chi connectivity index (χ4v) is 2.59. The molecular formula is C22H23NO5. The number of methoxy groups -OCH3 is 1. The number of carbonyl (C=O) groups is 2. The van der Waals surface area contributed by atoms with Crippen molar-refractivity contribution < 1.29 is 24.2 Å². The predicted molar refractivity (Wildman–Crippen MR) is 107 cm³/mol. The molecule has 0 saturated heterocycles. The molecule has 1 amide bonds. The van der Waals surface area contributed by atoms with Crippen LogP contribution in [0, 0.1) is 12.3 Å². The zero-order valence-electron chi connectivity index (χ0n) is 15.7. The molecule has 2 rings (SSSR count). The largest absolute Gasteiger partial charge is 0.493 e. The molecule has 0 aliphatic heterocycles. The van der Waals surface area contributed by atoms with Gasteiger partial charge in [-0.1, -0.05) is 18.2 Å². The monoisotopic (exact) mass is 381 g/mol. The number of carbonyl (C=O) groups excluding carboxylic acids is 1. The number of carboxylic acids is 1. The molecule has 0 aliphatic carbocycles. The Morgan fingerprint density at radius 3 is 2.68 bits per heavy atom. The number of para-hydroxylation sites is 1. The number of nitrogens with one attached hydrogen (secondary N) is 1. The Balaban J connectivity index is 1.97. The van der Waals surface area contributed by atoms with Gasteiger partial charge >= 0.3 is 5.97 Å². The standard InChI is InChI=1S/C22H23NO5/c1-3-4-7-14-28-20-15-16(10-12-19(20)27-2)11-13-21(24)23-18-9-6-5-8-17(18)22(25)26/h1,5-6,8-10,12,15H,4,7,11,13-14H2,2H3,(H,23,24)(H,25,26). The Hall–Kier alpha value is -3.46. The topological polar surface area (TPSA) is 84.9 Å². The summed E-state index contributed by atoms with van der Waals surface area (Å²) in [5.41, 5.74) is 1.25. The number of ether oxygens (including phenoxy) is 2. The van der Waals surface area contributed by atoms with Gasteiger partial charge in [0.15, 0.2) is 11.5 Å². The number of carboxylic acid groups (broad SMARTS) is 1. The van der Waals surface area contributed by atoms with Crippen LogP contribution in [0.3, 0.4) is 0 Å². The van der Waals surface area contributed by atoms with Gasteiger partial charge in [0.1, 0.15) is 0 Å². The molecule has 0 bridgehead atoms. The van der Waals surface area contributed by atoms with Crippen LogP contribution in [0.2, 0.25) is 0 Å². The molecule has 2 N–H and O–H groups in total. The predicted octanol–water partition coefficient (Wildman–Crippen LogP) is 3.76. The third-order valence-corrected chi connectivity index (χ3v) is 4.02. The van der Waals surface area contributed by atoms with Gasteiger partial charge in [-0.05, 0) is 42.7 Å². The zero-order chi connectivity index (χ0) is 20.4. The van der Waals surface area contributed by atoms with Gasteiger partial charge in [0.25, 0.3) is 0 Å². The van der Waals surface area contributed by atoms with Crippen LogP contribution in [0.1, 0.15) is 35.2 Å². The maximum absolute atomic E-state index is 12.2. The number of anilines is 1. The number of terminal acetylenes is 1. The molecule has 0 spiro atoms. The lowest BCUT2D eigenvalue weighted by atomic mass is 10.1. The molecule has 6 heteroatoms.